The number of furan rings is 1. The van der Waals surface area contributed by atoms with Crippen LogP contribution in [-0.2, 0) is 22.7 Å². The molecule has 0 unspecified atom stereocenters. The summed E-state index contributed by atoms with van der Waals surface area (Å²) in [5, 5.41) is 0. The van der Waals surface area contributed by atoms with Crippen molar-refractivity contribution in [1.29, 1.82) is 0 Å². The Kier molecular flexibility index (Phi) is 7.59. The number of hydrogen-bond donors (Lipinski definition) is 0. The Hall–Kier alpha value is -2.63. The lowest BCUT2D eigenvalue weighted by atomic mass is 9.94. The summed E-state index contributed by atoms with van der Waals surface area (Å²) in [6.07, 6.45) is 1.56. The SMILES string of the molecule is CC(C)CN(CC(=O)N(Cc1ccc(F)cc1)Cc1ccco1)C(=O)C(C)(C)C. The molecular weight excluding hydrogens is 371 g/mol. The molecule has 0 saturated carbocycles. The Bertz CT molecular complexity index is 793. The monoisotopic (exact) mass is 402 g/mol. The van der Waals surface area contributed by atoms with Crippen LogP contribution in [0.4, 0.5) is 4.39 Å². The number of halogens is 1. The molecule has 0 N–H and O–H groups in total. The molecule has 2 aromatic rings. The van der Waals surface area contributed by atoms with E-state index in [1.54, 1.807) is 40.3 Å². The lowest BCUT2D eigenvalue weighted by molar-refractivity contribution is -0.146. The van der Waals surface area contributed by atoms with Gasteiger partial charge in [0.05, 0.1) is 19.4 Å². The quantitative estimate of drug-likeness (QED) is 0.654. The van der Waals surface area contributed by atoms with Crippen molar-refractivity contribution in [3.8, 4) is 0 Å². The van der Waals surface area contributed by atoms with Crippen molar-refractivity contribution >= 4 is 11.8 Å². The van der Waals surface area contributed by atoms with Crippen molar-refractivity contribution in [1.82, 2.24) is 9.80 Å². The molecule has 29 heavy (non-hydrogen) atoms. The highest BCUT2D eigenvalue weighted by atomic mass is 19.1. The van der Waals surface area contributed by atoms with Crippen molar-refractivity contribution < 1.29 is 18.4 Å². The number of carbonyl (C=O) groups excluding carboxylic acids is 2. The first-order valence-corrected chi connectivity index (χ1v) is 9.90. The van der Waals surface area contributed by atoms with E-state index < -0.39 is 5.41 Å². The zero-order chi connectivity index (χ0) is 21.6. The second-order valence-electron chi connectivity index (χ2n) is 8.79. The number of rotatable bonds is 8. The highest BCUT2D eigenvalue weighted by Crippen LogP contribution is 2.19. The van der Waals surface area contributed by atoms with Crippen LogP contribution in [0.5, 0.6) is 0 Å². The van der Waals surface area contributed by atoms with Gasteiger partial charge in [0, 0.05) is 18.5 Å². The zero-order valence-corrected chi connectivity index (χ0v) is 17.9. The topological polar surface area (TPSA) is 53.8 Å². The summed E-state index contributed by atoms with van der Waals surface area (Å²) in [5.74, 6) is 0.336. The number of amides is 2. The van der Waals surface area contributed by atoms with Gasteiger partial charge in [-0.3, -0.25) is 9.59 Å². The maximum absolute atomic E-state index is 13.2. The summed E-state index contributed by atoms with van der Waals surface area (Å²) in [4.78, 5) is 29.3. The normalized spacial score (nSPS) is 11.6. The van der Waals surface area contributed by atoms with E-state index in [9.17, 15) is 14.0 Å². The van der Waals surface area contributed by atoms with E-state index in [4.69, 9.17) is 4.42 Å². The summed E-state index contributed by atoms with van der Waals surface area (Å²) in [6.45, 7) is 10.7. The second-order valence-corrected chi connectivity index (χ2v) is 8.79. The summed E-state index contributed by atoms with van der Waals surface area (Å²) in [5.41, 5.74) is 0.238. The molecule has 158 valence electrons. The van der Waals surface area contributed by atoms with E-state index in [0.717, 1.165) is 5.56 Å². The third kappa shape index (κ3) is 7.04. The van der Waals surface area contributed by atoms with Crippen LogP contribution in [0.25, 0.3) is 0 Å². The molecule has 0 aliphatic heterocycles. The molecule has 1 aromatic carbocycles. The van der Waals surface area contributed by atoms with Crippen LogP contribution >= 0.6 is 0 Å². The minimum Gasteiger partial charge on any atom is -0.467 e. The molecule has 0 aliphatic carbocycles. The largest absolute Gasteiger partial charge is 0.467 e. The Morgan fingerprint density at radius 2 is 1.69 bits per heavy atom. The molecule has 0 atom stereocenters. The van der Waals surface area contributed by atoms with E-state index >= 15 is 0 Å². The van der Waals surface area contributed by atoms with Gasteiger partial charge in [-0.05, 0) is 35.7 Å². The van der Waals surface area contributed by atoms with E-state index in [1.807, 2.05) is 34.6 Å². The summed E-state index contributed by atoms with van der Waals surface area (Å²) in [6, 6.07) is 9.63. The summed E-state index contributed by atoms with van der Waals surface area (Å²) in [7, 11) is 0. The van der Waals surface area contributed by atoms with Gasteiger partial charge in [-0.1, -0.05) is 46.8 Å². The van der Waals surface area contributed by atoms with Gasteiger partial charge in [-0.15, -0.1) is 0 Å². The molecule has 0 aliphatic rings. The van der Waals surface area contributed by atoms with Gasteiger partial charge < -0.3 is 14.2 Å². The van der Waals surface area contributed by atoms with Crippen LogP contribution in [0.15, 0.2) is 47.1 Å². The molecule has 5 nitrogen and oxygen atoms in total. The third-order valence-electron chi connectivity index (χ3n) is 4.41. The zero-order valence-electron chi connectivity index (χ0n) is 17.9. The lowest BCUT2D eigenvalue weighted by Crippen LogP contribution is -2.47. The van der Waals surface area contributed by atoms with Gasteiger partial charge in [0.25, 0.3) is 0 Å². The fourth-order valence-corrected chi connectivity index (χ4v) is 3.03. The average Bonchev–Trinajstić information content (AvgIpc) is 3.13. The van der Waals surface area contributed by atoms with Gasteiger partial charge in [-0.25, -0.2) is 4.39 Å². The molecule has 0 spiro atoms. The van der Waals surface area contributed by atoms with Crippen molar-refractivity contribution in [3.63, 3.8) is 0 Å². The molecule has 6 heteroatoms. The summed E-state index contributed by atoms with van der Waals surface area (Å²) >= 11 is 0. The first-order chi connectivity index (χ1) is 13.6. The molecule has 0 fully saturated rings. The fourth-order valence-electron chi connectivity index (χ4n) is 3.03. The standard InChI is InChI=1S/C23H31FN2O3/c1-17(2)13-26(22(28)23(3,4)5)16-21(27)25(15-20-7-6-12-29-20)14-18-8-10-19(24)11-9-18/h6-12,17H,13-16H2,1-5H3. The van der Waals surface area contributed by atoms with E-state index in [0.29, 0.717) is 18.8 Å². The van der Waals surface area contributed by atoms with Crippen LogP contribution < -0.4 is 0 Å². The van der Waals surface area contributed by atoms with Crippen LogP contribution in [0.2, 0.25) is 0 Å². The summed E-state index contributed by atoms with van der Waals surface area (Å²) < 4.78 is 18.6. The van der Waals surface area contributed by atoms with E-state index in [2.05, 4.69) is 0 Å². The number of nitrogens with zero attached hydrogens (tertiary/aromatic N) is 2. The van der Waals surface area contributed by atoms with E-state index in [1.165, 1.54) is 12.1 Å². The van der Waals surface area contributed by atoms with Crippen LogP contribution in [-0.4, -0.2) is 34.7 Å². The Morgan fingerprint density at radius 3 is 2.21 bits per heavy atom. The molecule has 2 rings (SSSR count). The molecule has 0 radical (unpaired) electrons. The number of hydrogen-bond acceptors (Lipinski definition) is 3. The second kappa shape index (κ2) is 9.72. The molecular formula is C23H31FN2O3. The smallest absolute Gasteiger partial charge is 0.242 e. The first kappa shape index (κ1) is 22.7. The fraction of sp³-hybridized carbons (Fsp3) is 0.478. The minimum atomic E-state index is -0.571. The lowest BCUT2D eigenvalue weighted by Gasteiger charge is -2.32. The maximum atomic E-state index is 13.2. The average molecular weight is 403 g/mol. The van der Waals surface area contributed by atoms with Crippen LogP contribution in [0.3, 0.4) is 0 Å². The molecule has 0 bridgehead atoms. The predicted octanol–water partition coefficient (Wildman–Crippen LogP) is 4.48. The first-order valence-electron chi connectivity index (χ1n) is 9.90. The number of benzene rings is 1. The minimum absolute atomic E-state index is 0.00378. The highest BCUT2D eigenvalue weighted by Gasteiger charge is 2.30. The van der Waals surface area contributed by atoms with Crippen LogP contribution in [0, 0.1) is 17.2 Å². The number of carbonyl (C=O) groups is 2. The van der Waals surface area contributed by atoms with Gasteiger partial charge in [0.15, 0.2) is 0 Å². The van der Waals surface area contributed by atoms with E-state index in [-0.39, 0.29) is 36.6 Å². The van der Waals surface area contributed by atoms with Crippen LogP contribution in [0.1, 0.15) is 45.9 Å². The van der Waals surface area contributed by atoms with Gasteiger partial charge in [0.2, 0.25) is 11.8 Å². The van der Waals surface area contributed by atoms with Gasteiger partial charge >= 0.3 is 0 Å². The van der Waals surface area contributed by atoms with Crippen molar-refractivity contribution in [3.05, 3.63) is 59.8 Å². The van der Waals surface area contributed by atoms with Crippen molar-refractivity contribution in [2.24, 2.45) is 11.3 Å². The Balaban J connectivity index is 2.21. The molecule has 1 heterocycles. The maximum Gasteiger partial charge on any atom is 0.242 e. The highest BCUT2D eigenvalue weighted by molar-refractivity contribution is 5.87. The third-order valence-corrected chi connectivity index (χ3v) is 4.41. The Labute approximate surface area is 172 Å². The predicted molar refractivity (Wildman–Crippen MR) is 110 cm³/mol. The Morgan fingerprint density at radius 1 is 1.03 bits per heavy atom. The van der Waals surface area contributed by atoms with Gasteiger partial charge in [-0.2, -0.15) is 0 Å². The molecule has 2 amide bonds. The van der Waals surface area contributed by atoms with Crippen molar-refractivity contribution in [2.75, 3.05) is 13.1 Å². The van der Waals surface area contributed by atoms with Crippen molar-refractivity contribution in [2.45, 2.75) is 47.7 Å². The van der Waals surface area contributed by atoms with Gasteiger partial charge in [0.1, 0.15) is 11.6 Å². The molecule has 1 aromatic heterocycles. The molecule has 0 saturated heterocycles.